The summed E-state index contributed by atoms with van der Waals surface area (Å²) < 4.78 is 5.44. The molecule has 4 heteroatoms. The van der Waals surface area contributed by atoms with Crippen LogP contribution in [0.25, 0.3) is 0 Å². The van der Waals surface area contributed by atoms with Crippen LogP contribution in [-0.2, 0) is 4.74 Å². The maximum absolute atomic E-state index is 11.6. The Balaban J connectivity index is 2.01. The Morgan fingerprint density at radius 1 is 1.25 bits per heavy atom. The highest BCUT2D eigenvalue weighted by Gasteiger charge is 2.16. The number of carbonyl (C=O) groups excluding carboxylic acids is 1. The first-order chi connectivity index (χ1) is 9.74. The summed E-state index contributed by atoms with van der Waals surface area (Å²) in [7, 11) is 0. The second-order valence-corrected chi connectivity index (χ2v) is 5.59. The van der Waals surface area contributed by atoms with Gasteiger partial charge in [0.25, 0.3) is 0 Å². The molecule has 1 aliphatic carbocycles. The minimum atomic E-state index is -0.115. The quantitative estimate of drug-likeness (QED) is 0.635. The molecule has 0 radical (unpaired) electrons. The van der Waals surface area contributed by atoms with Crippen molar-refractivity contribution < 1.29 is 9.53 Å². The third-order valence-electron chi connectivity index (χ3n) is 3.82. The largest absolute Gasteiger partial charge is 0.381 e. The van der Waals surface area contributed by atoms with Crippen LogP contribution in [0, 0.1) is 5.92 Å². The highest BCUT2D eigenvalue weighted by atomic mass is 16.5. The smallest absolute Gasteiger partial charge is 0.318 e. The normalized spacial score (nSPS) is 16.4. The van der Waals surface area contributed by atoms with Gasteiger partial charge < -0.3 is 15.4 Å². The lowest BCUT2D eigenvalue weighted by Crippen LogP contribution is -2.33. The third kappa shape index (κ3) is 7.53. The van der Waals surface area contributed by atoms with Crippen molar-refractivity contribution in [1.29, 1.82) is 0 Å². The zero-order valence-electron chi connectivity index (χ0n) is 13.0. The lowest BCUT2D eigenvalue weighted by molar-refractivity contribution is 0.129. The van der Waals surface area contributed by atoms with Crippen LogP contribution >= 0.6 is 0 Å². The van der Waals surface area contributed by atoms with Gasteiger partial charge in [-0.1, -0.05) is 31.8 Å². The fraction of sp³-hybridized carbons (Fsp3) is 0.812. The summed E-state index contributed by atoms with van der Waals surface area (Å²) in [5, 5.41) is 5.66. The van der Waals surface area contributed by atoms with E-state index in [0.717, 1.165) is 32.5 Å². The number of rotatable bonds is 9. The van der Waals surface area contributed by atoms with E-state index in [1.807, 2.05) is 6.20 Å². The summed E-state index contributed by atoms with van der Waals surface area (Å²) in [5.41, 5.74) is 1.29. The molecular formula is C16H30N2O2. The van der Waals surface area contributed by atoms with Crippen molar-refractivity contribution in [2.75, 3.05) is 19.8 Å². The van der Waals surface area contributed by atoms with Gasteiger partial charge in [0.1, 0.15) is 0 Å². The lowest BCUT2D eigenvalue weighted by atomic mass is 10.0. The van der Waals surface area contributed by atoms with Crippen LogP contribution in [0.1, 0.15) is 58.8 Å². The molecule has 0 atom stereocenters. The van der Waals surface area contributed by atoms with E-state index < -0.39 is 0 Å². The predicted octanol–water partition coefficient (Wildman–Crippen LogP) is 3.59. The highest BCUT2D eigenvalue weighted by Crippen LogP contribution is 2.30. The van der Waals surface area contributed by atoms with E-state index in [9.17, 15) is 4.79 Å². The van der Waals surface area contributed by atoms with Crippen molar-refractivity contribution >= 4 is 6.03 Å². The molecule has 2 N–H and O–H groups in total. The van der Waals surface area contributed by atoms with E-state index in [1.54, 1.807) is 0 Å². The van der Waals surface area contributed by atoms with Crippen molar-refractivity contribution in [3.63, 3.8) is 0 Å². The minimum absolute atomic E-state index is 0.115. The second-order valence-electron chi connectivity index (χ2n) is 5.59. The van der Waals surface area contributed by atoms with E-state index in [0.29, 0.717) is 12.5 Å². The average molecular weight is 282 g/mol. The Labute approximate surface area is 123 Å². The molecule has 0 saturated heterocycles. The van der Waals surface area contributed by atoms with Crippen molar-refractivity contribution in [2.24, 2.45) is 5.92 Å². The van der Waals surface area contributed by atoms with Gasteiger partial charge in [-0.3, -0.25) is 0 Å². The zero-order valence-corrected chi connectivity index (χ0v) is 13.0. The van der Waals surface area contributed by atoms with Crippen LogP contribution in [-0.4, -0.2) is 25.8 Å². The van der Waals surface area contributed by atoms with E-state index in [-0.39, 0.29) is 6.03 Å². The number of allylic oxidation sites excluding steroid dienone is 1. The zero-order chi connectivity index (χ0) is 14.6. The van der Waals surface area contributed by atoms with Gasteiger partial charge in [-0.2, -0.15) is 0 Å². The summed E-state index contributed by atoms with van der Waals surface area (Å²) in [6.07, 6.45) is 10.2. The standard InChI is InChI=1S/C16H30N2O2/c1-3-4-11-20-12-7-10-17-16(19)18-13-14(2)15-8-5-6-9-15/h13,15H,3-12H2,1-2H3,(H2,17,18,19)/b14-13+. The fourth-order valence-electron chi connectivity index (χ4n) is 2.45. The first-order valence-electron chi connectivity index (χ1n) is 8.02. The van der Waals surface area contributed by atoms with E-state index in [1.165, 1.54) is 31.3 Å². The van der Waals surface area contributed by atoms with Crippen LogP contribution in [0.3, 0.4) is 0 Å². The fourth-order valence-corrected chi connectivity index (χ4v) is 2.45. The Hall–Kier alpha value is -1.03. The molecule has 0 bridgehead atoms. The molecule has 116 valence electrons. The maximum Gasteiger partial charge on any atom is 0.318 e. The minimum Gasteiger partial charge on any atom is -0.381 e. The molecule has 0 aromatic rings. The lowest BCUT2D eigenvalue weighted by Gasteiger charge is -2.10. The summed E-state index contributed by atoms with van der Waals surface area (Å²) >= 11 is 0. The Morgan fingerprint density at radius 3 is 2.65 bits per heavy atom. The number of hydrogen-bond donors (Lipinski definition) is 2. The summed E-state index contributed by atoms with van der Waals surface area (Å²) in [6, 6.07) is -0.115. The monoisotopic (exact) mass is 282 g/mol. The van der Waals surface area contributed by atoms with E-state index in [2.05, 4.69) is 24.5 Å². The number of hydrogen-bond acceptors (Lipinski definition) is 2. The molecule has 4 nitrogen and oxygen atoms in total. The molecule has 1 aliphatic rings. The Bertz CT molecular complexity index is 297. The van der Waals surface area contributed by atoms with Crippen LogP contribution in [0.4, 0.5) is 4.79 Å². The van der Waals surface area contributed by atoms with Gasteiger partial charge in [0.05, 0.1) is 0 Å². The first kappa shape index (κ1) is 17.0. The van der Waals surface area contributed by atoms with Gasteiger partial charge >= 0.3 is 6.03 Å². The Kier molecular flexibility index (Phi) is 9.13. The molecule has 20 heavy (non-hydrogen) atoms. The highest BCUT2D eigenvalue weighted by molar-refractivity contribution is 5.74. The number of nitrogens with one attached hydrogen (secondary N) is 2. The van der Waals surface area contributed by atoms with Crippen LogP contribution < -0.4 is 10.6 Å². The van der Waals surface area contributed by atoms with Crippen molar-refractivity contribution in [2.45, 2.75) is 58.8 Å². The van der Waals surface area contributed by atoms with Gasteiger partial charge in [-0.15, -0.1) is 0 Å². The van der Waals surface area contributed by atoms with Gasteiger partial charge in [-0.05, 0) is 38.5 Å². The van der Waals surface area contributed by atoms with Crippen molar-refractivity contribution in [3.05, 3.63) is 11.8 Å². The Morgan fingerprint density at radius 2 is 1.95 bits per heavy atom. The molecule has 0 spiro atoms. The van der Waals surface area contributed by atoms with E-state index in [4.69, 9.17) is 4.74 Å². The maximum atomic E-state index is 11.6. The van der Waals surface area contributed by atoms with Gasteiger partial charge in [-0.25, -0.2) is 4.79 Å². The van der Waals surface area contributed by atoms with Crippen molar-refractivity contribution in [3.8, 4) is 0 Å². The van der Waals surface area contributed by atoms with Gasteiger partial charge in [0, 0.05) is 26.0 Å². The summed E-state index contributed by atoms with van der Waals surface area (Å²) in [6.45, 7) is 6.46. The van der Waals surface area contributed by atoms with Crippen LogP contribution in [0.5, 0.6) is 0 Å². The van der Waals surface area contributed by atoms with E-state index >= 15 is 0 Å². The molecule has 0 unspecified atom stereocenters. The molecule has 1 fully saturated rings. The first-order valence-corrected chi connectivity index (χ1v) is 8.02. The number of amides is 2. The van der Waals surface area contributed by atoms with Crippen LogP contribution in [0.2, 0.25) is 0 Å². The number of ether oxygens (including phenoxy) is 1. The van der Waals surface area contributed by atoms with Gasteiger partial charge in [0.2, 0.25) is 0 Å². The molecule has 1 rings (SSSR count). The molecule has 0 heterocycles. The molecule has 0 aliphatic heterocycles. The number of unbranched alkanes of at least 4 members (excludes halogenated alkanes) is 1. The molecular weight excluding hydrogens is 252 g/mol. The second kappa shape index (κ2) is 10.7. The number of urea groups is 1. The molecule has 1 saturated carbocycles. The SMILES string of the molecule is CCCCOCCCNC(=O)N/C=C(\C)C1CCCC1. The third-order valence-corrected chi connectivity index (χ3v) is 3.82. The molecule has 0 aromatic heterocycles. The van der Waals surface area contributed by atoms with Crippen LogP contribution in [0.15, 0.2) is 11.8 Å². The topological polar surface area (TPSA) is 50.4 Å². The predicted molar refractivity (Wildman–Crippen MR) is 82.6 cm³/mol. The average Bonchev–Trinajstić information content (AvgIpc) is 2.98. The summed E-state index contributed by atoms with van der Waals surface area (Å²) in [4.78, 5) is 11.6. The van der Waals surface area contributed by atoms with Crippen molar-refractivity contribution in [1.82, 2.24) is 10.6 Å². The summed E-state index contributed by atoms with van der Waals surface area (Å²) in [5.74, 6) is 0.669. The molecule has 2 amide bonds. The van der Waals surface area contributed by atoms with Gasteiger partial charge in [0.15, 0.2) is 0 Å². The molecule has 0 aromatic carbocycles. The number of carbonyl (C=O) groups is 1.